The number of β-amino-alcohol motifs (C(OH)–C–C–N with tert-alkyl or cyclic N) is 1. The molecule has 0 bridgehead atoms. The molecule has 3 atom stereocenters. The number of rotatable bonds is 5. The summed E-state index contributed by atoms with van der Waals surface area (Å²) >= 11 is 6.00. The third kappa shape index (κ3) is 4.63. The van der Waals surface area contributed by atoms with E-state index in [1.165, 1.54) is 0 Å². The Labute approximate surface area is 125 Å². The van der Waals surface area contributed by atoms with E-state index in [1.54, 1.807) is 12.1 Å². The normalized spacial score (nSPS) is 25.4. The quantitative estimate of drug-likeness (QED) is 0.905. The highest BCUT2D eigenvalue weighted by Gasteiger charge is 2.23. The van der Waals surface area contributed by atoms with Crippen LogP contribution in [0.4, 0.5) is 0 Å². The van der Waals surface area contributed by atoms with Gasteiger partial charge in [0.15, 0.2) is 0 Å². The molecular formula is C15H22ClNO3. The molecule has 0 spiro atoms. The number of aliphatic hydroxyl groups excluding tert-OH is 1. The average Bonchev–Trinajstić information content (AvgIpc) is 2.36. The third-order valence-corrected chi connectivity index (χ3v) is 3.54. The number of nitrogens with zero attached hydrogens (tertiary/aromatic N) is 1. The fourth-order valence-electron chi connectivity index (χ4n) is 2.53. The van der Waals surface area contributed by atoms with Crippen LogP contribution in [0.3, 0.4) is 0 Å². The number of aliphatic hydroxyl groups is 1. The second-order valence-corrected chi connectivity index (χ2v) is 5.78. The number of para-hydroxylation sites is 1. The lowest BCUT2D eigenvalue weighted by Gasteiger charge is -2.36. The van der Waals surface area contributed by atoms with Crippen molar-refractivity contribution in [2.24, 2.45) is 0 Å². The zero-order chi connectivity index (χ0) is 14.5. The molecule has 1 saturated heterocycles. The van der Waals surface area contributed by atoms with Gasteiger partial charge in [-0.15, -0.1) is 0 Å². The summed E-state index contributed by atoms with van der Waals surface area (Å²) in [6, 6.07) is 7.28. The number of hydrogen-bond acceptors (Lipinski definition) is 4. The zero-order valence-corrected chi connectivity index (χ0v) is 12.7. The molecule has 2 rings (SSSR count). The van der Waals surface area contributed by atoms with Crippen LogP contribution in [0.25, 0.3) is 0 Å². The van der Waals surface area contributed by atoms with Crippen molar-refractivity contribution in [3.8, 4) is 5.75 Å². The molecule has 1 heterocycles. The number of hydrogen-bond donors (Lipinski definition) is 1. The summed E-state index contributed by atoms with van der Waals surface area (Å²) in [6.45, 7) is 6.61. The van der Waals surface area contributed by atoms with E-state index in [1.807, 2.05) is 12.1 Å². The van der Waals surface area contributed by atoms with Crippen molar-refractivity contribution < 1.29 is 14.6 Å². The molecule has 5 heteroatoms. The van der Waals surface area contributed by atoms with Gasteiger partial charge >= 0.3 is 0 Å². The van der Waals surface area contributed by atoms with Gasteiger partial charge in [0.2, 0.25) is 0 Å². The second-order valence-electron chi connectivity index (χ2n) is 5.37. The van der Waals surface area contributed by atoms with Crippen molar-refractivity contribution >= 4 is 11.6 Å². The van der Waals surface area contributed by atoms with E-state index in [0.29, 0.717) is 17.3 Å². The summed E-state index contributed by atoms with van der Waals surface area (Å²) in [5.74, 6) is 0.608. The second kappa shape index (κ2) is 7.27. The maximum absolute atomic E-state index is 10.1. The van der Waals surface area contributed by atoms with E-state index < -0.39 is 6.10 Å². The maximum Gasteiger partial charge on any atom is 0.138 e. The highest BCUT2D eigenvalue weighted by molar-refractivity contribution is 6.32. The summed E-state index contributed by atoms with van der Waals surface area (Å²) < 4.78 is 11.2. The van der Waals surface area contributed by atoms with Crippen molar-refractivity contribution in [2.75, 3.05) is 26.2 Å². The summed E-state index contributed by atoms with van der Waals surface area (Å²) in [4.78, 5) is 2.21. The lowest BCUT2D eigenvalue weighted by Crippen LogP contribution is -2.48. The van der Waals surface area contributed by atoms with E-state index in [2.05, 4.69) is 18.7 Å². The molecular weight excluding hydrogens is 278 g/mol. The Morgan fingerprint density at radius 1 is 1.35 bits per heavy atom. The summed E-state index contributed by atoms with van der Waals surface area (Å²) in [7, 11) is 0. The van der Waals surface area contributed by atoms with Crippen LogP contribution in [0.5, 0.6) is 5.75 Å². The van der Waals surface area contributed by atoms with Gasteiger partial charge in [0, 0.05) is 19.6 Å². The highest BCUT2D eigenvalue weighted by Crippen LogP contribution is 2.23. The van der Waals surface area contributed by atoms with Gasteiger partial charge in [0.1, 0.15) is 18.5 Å². The van der Waals surface area contributed by atoms with Gasteiger partial charge in [-0.2, -0.15) is 0 Å². The predicted molar refractivity (Wildman–Crippen MR) is 79.4 cm³/mol. The Morgan fingerprint density at radius 2 is 2.00 bits per heavy atom. The Balaban J connectivity index is 1.78. The number of morpholine rings is 1. The van der Waals surface area contributed by atoms with Crippen molar-refractivity contribution in [2.45, 2.75) is 32.2 Å². The summed E-state index contributed by atoms with van der Waals surface area (Å²) in [5, 5.41) is 10.6. The molecule has 4 nitrogen and oxygen atoms in total. The Hall–Kier alpha value is -0.810. The molecule has 0 saturated carbocycles. The smallest absolute Gasteiger partial charge is 0.138 e. The molecule has 1 aliphatic heterocycles. The Kier molecular flexibility index (Phi) is 5.66. The van der Waals surface area contributed by atoms with Crippen LogP contribution in [-0.2, 0) is 4.74 Å². The van der Waals surface area contributed by atoms with Gasteiger partial charge in [0.25, 0.3) is 0 Å². The first-order valence-corrected chi connectivity index (χ1v) is 7.35. The van der Waals surface area contributed by atoms with E-state index in [0.717, 1.165) is 13.1 Å². The molecule has 20 heavy (non-hydrogen) atoms. The minimum atomic E-state index is -0.538. The van der Waals surface area contributed by atoms with Gasteiger partial charge in [-0.05, 0) is 26.0 Å². The number of ether oxygens (including phenoxy) is 2. The number of benzene rings is 1. The molecule has 0 amide bonds. The predicted octanol–water partition coefficient (Wildman–Crippen LogP) is 2.19. The van der Waals surface area contributed by atoms with Crippen LogP contribution in [0.1, 0.15) is 13.8 Å². The van der Waals surface area contributed by atoms with Gasteiger partial charge in [-0.3, -0.25) is 4.90 Å². The van der Waals surface area contributed by atoms with E-state index in [-0.39, 0.29) is 18.8 Å². The molecule has 1 N–H and O–H groups in total. The van der Waals surface area contributed by atoms with Crippen LogP contribution >= 0.6 is 11.6 Å². The van der Waals surface area contributed by atoms with Crippen molar-refractivity contribution in [3.63, 3.8) is 0 Å². The van der Waals surface area contributed by atoms with E-state index in [9.17, 15) is 5.11 Å². The van der Waals surface area contributed by atoms with Gasteiger partial charge < -0.3 is 14.6 Å². The molecule has 112 valence electrons. The molecule has 0 aromatic heterocycles. The van der Waals surface area contributed by atoms with Gasteiger partial charge in [0.05, 0.1) is 17.2 Å². The van der Waals surface area contributed by atoms with Crippen LogP contribution < -0.4 is 4.74 Å². The molecule has 1 fully saturated rings. The number of halogens is 1. The topological polar surface area (TPSA) is 41.9 Å². The maximum atomic E-state index is 10.1. The van der Waals surface area contributed by atoms with E-state index >= 15 is 0 Å². The fourth-order valence-corrected chi connectivity index (χ4v) is 2.72. The molecule has 3 unspecified atom stereocenters. The van der Waals surface area contributed by atoms with Crippen LogP contribution in [0, 0.1) is 0 Å². The van der Waals surface area contributed by atoms with E-state index in [4.69, 9.17) is 21.1 Å². The fraction of sp³-hybridized carbons (Fsp3) is 0.600. The van der Waals surface area contributed by atoms with Crippen LogP contribution in [0.15, 0.2) is 24.3 Å². The molecule has 1 aromatic carbocycles. The van der Waals surface area contributed by atoms with Crippen LogP contribution in [-0.4, -0.2) is 54.6 Å². The molecule has 1 aromatic rings. The van der Waals surface area contributed by atoms with Gasteiger partial charge in [-0.25, -0.2) is 0 Å². The first kappa shape index (κ1) is 15.6. The first-order valence-electron chi connectivity index (χ1n) is 6.98. The lowest BCUT2D eigenvalue weighted by molar-refractivity contribution is -0.0786. The Morgan fingerprint density at radius 3 is 2.65 bits per heavy atom. The minimum absolute atomic E-state index is 0.204. The monoisotopic (exact) mass is 299 g/mol. The van der Waals surface area contributed by atoms with Crippen LogP contribution in [0.2, 0.25) is 5.02 Å². The molecule has 0 radical (unpaired) electrons. The first-order chi connectivity index (χ1) is 9.54. The van der Waals surface area contributed by atoms with Crippen molar-refractivity contribution in [3.05, 3.63) is 29.3 Å². The average molecular weight is 300 g/mol. The van der Waals surface area contributed by atoms with Gasteiger partial charge in [-0.1, -0.05) is 23.7 Å². The Bertz CT molecular complexity index is 419. The highest BCUT2D eigenvalue weighted by atomic mass is 35.5. The standard InChI is InChI=1S/C15H22ClNO3/c1-11-7-17(8-12(2)20-11)9-13(18)10-19-15-6-4-3-5-14(15)16/h3-6,11-13,18H,7-10H2,1-2H3. The summed E-state index contributed by atoms with van der Waals surface area (Å²) in [5.41, 5.74) is 0. The van der Waals surface area contributed by atoms with Crippen molar-refractivity contribution in [1.29, 1.82) is 0 Å². The summed E-state index contributed by atoms with van der Waals surface area (Å²) in [6.07, 6.45) is -0.130. The molecule has 1 aliphatic rings. The lowest BCUT2D eigenvalue weighted by atomic mass is 10.2. The zero-order valence-electron chi connectivity index (χ0n) is 12.0. The SMILES string of the molecule is CC1CN(CC(O)COc2ccccc2Cl)CC(C)O1. The molecule has 0 aliphatic carbocycles. The largest absolute Gasteiger partial charge is 0.489 e. The minimum Gasteiger partial charge on any atom is -0.489 e. The third-order valence-electron chi connectivity index (χ3n) is 3.23. The van der Waals surface area contributed by atoms with Crippen molar-refractivity contribution in [1.82, 2.24) is 4.90 Å².